The summed E-state index contributed by atoms with van der Waals surface area (Å²) in [5, 5.41) is 23.7. The van der Waals surface area contributed by atoms with Crippen LogP contribution in [0.4, 0.5) is 5.00 Å². The van der Waals surface area contributed by atoms with Gasteiger partial charge in [-0.15, -0.1) is 11.3 Å². The second-order valence-electron chi connectivity index (χ2n) is 10.5. The summed E-state index contributed by atoms with van der Waals surface area (Å²) in [5.74, 6) is 0.968. The van der Waals surface area contributed by atoms with Gasteiger partial charge in [-0.3, -0.25) is 20.4 Å². The lowest BCUT2D eigenvalue weighted by Gasteiger charge is -2.36. The van der Waals surface area contributed by atoms with E-state index in [2.05, 4.69) is 29.0 Å². The van der Waals surface area contributed by atoms with E-state index in [1.54, 1.807) is 6.92 Å². The van der Waals surface area contributed by atoms with Crippen molar-refractivity contribution in [3.63, 3.8) is 0 Å². The van der Waals surface area contributed by atoms with Crippen LogP contribution in [0, 0.1) is 22.7 Å². The van der Waals surface area contributed by atoms with Crippen LogP contribution in [0.3, 0.4) is 0 Å². The van der Waals surface area contributed by atoms with Crippen molar-refractivity contribution in [2.75, 3.05) is 18.9 Å². The number of carbonyl (C=O) groups is 2. The highest BCUT2D eigenvalue weighted by Gasteiger charge is 2.27. The topological polar surface area (TPSA) is 112 Å². The van der Waals surface area contributed by atoms with Gasteiger partial charge in [0, 0.05) is 55.4 Å². The SMILES string of the molecule is C=C(CC(CC)N(C(C)=N)C(=N)C(C)C)N(C)CCC(NC(=O)C1CCCC1)c1ccc(NC(C)=O)s1. The van der Waals surface area contributed by atoms with Crippen molar-refractivity contribution in [2.24, 2.45) is 11.8 Å². The fraction of sp³-hybridized carbons (Fsp3) is 0.643. The molecular formula is C28H46N6O2S. The Kier molecular flexibility index (Phi) is 11.8. The van der Waals surface area contributed by atoms with Crippen LogP contribution in [-0.2, 0) is 9.59 Å². The Morgan fingerprint density at radius 2 is 1.84 bits per heavy atom. The Labute approximate surface area is 226 Å². The van der Waals surface area contributed by atoms with E-state index in [0.29, 0.717) is 31.1 Å². The van der Waals surface area contributed by atoms with E-state index in [1.165, 1.54) is 18.3 Å². The average Bonchev–Trinajstić information content (AvgIpc) is 3.52. The largest absolute Gasteiger partial charge is 0.378 e. The third-order valence-electron chi connectivity index (χ3n) is 7.08. The van der Waals surface area contributed by atoms with Gasteiger partial charge < -0.3 is 20.4 Å². The van der Waals surface area contributed by atoms with E-state index in [-0.39, 0.29) is 35.7 Å². The maximum atomic E-state index is 13.0. The quantitative estimate of drug-likeness (QED) is 0.185. The fourth-order valence-corrected chi connectivity index (χ4v) is 5.84. The van der Waals surface area contributed by atoms with Crippen LogP contribution in [-0.4, -0.2) is 52.9 Å². The van der Waals surface area contributed by atoms with Crippen molar-refractivity contribution in [3.8, 4) is 0 Å². The molecule has 206 valence electrons. The van der Waals surface area contributed by atoms with Crippen molar-refractivity contribution in [3.05, 3.63) is 29.3 Å². The third-order valence-corrected chi connectivity index (χ3v) is 8.19. The van der Waals surface area contributed by atoms with Crippen molar-refractivity contribution >= 4 is 39.8 Å². The van der Waals surface area contributed by atoms with E-state index in [9.17, 15) is 9.59 Å². The predicted octanol–water partition coefficient (Wildman–Crippen LogP) is 5.99. The molecule has 0 radical (unpaired) electrons. The molecule has 1 saturated carbocycles. The number of anilines is 1. The number of carbonyl (C=O) groups excluding carboxylic acids is 2. The van der Waals surface area contributed by atoms with Gasteiger partial charge in [-0.1, -0.05) is 40.2 Å². The van der Waals surface area contributed by atoms with Crippen molar-refractivity contribution in [1.29, 1.82) is 10.8 Å². The minimum atomic E-state index is -0.146. The molecule has 0 aliphatic heterocycles. The summed E-state index contributed by atoms with van der Waals surface area (Å²) in [6.45, 7) is 14.3. The molecule has 1 aromatic heterocycles. The van der Waals surface area contributed by atoms with E-state index in [1.807, 2.05) is 37.9 Å². The van der Waals surface area contributed by atoms with E-state index in [4.69, 9.17) is 10.8 Å². The minimum Gasteiger partial charge on any atom is -0.378 e. The Morgan fingerprint density at radius 3 is 2.38 bits per heavy atom. The molecule has 8 nitrogen and oxygen atoms in total. The van der Waals surface area contributed by atoms with E-state index >= 15 is 0 Å². The Balaban J connectivity index is 2.09. The van der Waals surface area contributed by atoms with Gasteiger partial charge in [0.25, 0.3) is 0 Å². The standard InChI is InChI=1S/C28H46N6O2S/c1-8-23(34(20(5)29)27(30)18(2)3)17-19(4)33(7)16-15-24(32-28(36)22-11-9-10-12-22)25-13-14-26(37-25)31-21(6)35/h13-14,18,22-24,29-30H,4,8-12,15-17H2,1-3,5-7H3,(H,31,35)(H,32,36). The molecule has 1 fully saturated rings. The first kappa shape index (κ1) is 30.5. The molecule has 1 heterocycles. The fourth-order valence-electron chi connectivity index (χ4n) is 4.80. The first-order valence-corrected chi connectivity index (χ1v) is 14.3. The number of hydrogen-bond donors (Lipinski definition) is 4. The number of nitrogens with zero attached hydrogens (tertiary/aromatic N) is 2. The second-order valence-corrected chi connectivity index (χ2v) is 11.6. The first-order chi connectivity index (χ1) is 17.4. The summed E-state index contributed by atoms with van der Waals surface area (Å²) < 4.78 is 0. The smallest absolute Gasteiger partial charge is 0.223 e. The summed E-state index contributed by atoms with van der Waals surface area (Å²) in [7, 11) is 2.01. The summed E-state index contributed by atoms with van der Waals surface area (Å²) in [5.41, 5.74) is 0.945. The van der Waals surface area contributed by atoms with E-state index < -0.39 is 0 Å². The Hall–Kier alpha value is -2.68. The molecule has 0 bridgehead atoms. The molecule has 2 atom stereocenters. The number of thiophene rings is 1. The van der Waals surface area contributed by atoms with Gasteiger partial charge in [0.15, 0.2) is 0 Å². The van der Waals surface area contributed by atoms with Crippen molar-refractivity contribution in [1.82, 2.24) is 15.1 Å². The van der Waals surface area contributed by atoms with Gasteiger partial charge in [0.05, 0.1) is 16.9 Å². The van der Waals surface area contributed by atoms with Crippen LogP contribution in [0.2, 0.25) is 0 Å². The predicted molar refractivity (Wildman–Crippen MR) is 154 cm³/mol. The van der Waals surface area contributed by atoms with E-state index in [0.717, 1.165) is 47.7 Å². The van der Waals surface area contributed by atoms with Gasteiger partial charge in [-0.2, -0.15) is 0 Å². The van der Waals surface area contributed by atoms with Crippen molar-refractivity contribution < 1.29 is 9.59 Å². The number of amides is 2. The summed E-state index contributed by atoms with van der Waals surface area (Å²) >= 11 is 1.50. The number of nitrogens with one attached hydrogen (secondary N) is 4. The Morgan fingerprint density at radius 1 is 1.19 bits per heavy atom. The van der Waals surface area contributed by atoms with Gasteiger partial charge in [0.2, 0.25) is 11.8 Å². The molecule has 4 N–H and O–H groups in total. The summed E-state index contributed by atoms with van der Waals surface area (Å²) in [6, 6.07) is 3.73. The molecule has 37 heavy (non-hydrogen) atoms. The first-order valence-electron chi connectivity index (χ1n) is 13.4. The normalized spacial score (nSPS) is 15.2. The number of amidine groups is 2. The average molecular weight is 531 g/mol. The molecule has 1 aliphatic rings. The van der Waals surface area contributed by atoms with Crippen LogP contribution < -0.4 is 10.6 Å². The monoisotopic (exact) mass is 530 g/mol. The lowest BCUT2D eigenvalue weighted by molar-refractivity contribution is -0.125. The summed E-state index contributed by atoms with van der Waals surface area (Å²) in [4.78, 5) is 29.4. The van der Waals surface area contributed by atoms with Crippen LogP contribution in [0.15, 0.2) is 24.4 Å². The molecule has 0 spiro atoms. The molecule has 1 aliphatic carbocycles. The highest BCUT2D eigenvalue weighted by atomic mass is 32.1. The molecule has 2 amide bonds. The van der Waals surface area contributed by atoms with Gasteiger partial charge >= 0.3 is 0 Å². The number of rotatable bonds is 13. The maximum absolute atomic E-state index is 13.0. The zero-order valence-corrected chi connectivity index (χ0v) is 24.3. The third kappa shape index (κ3) is 8.98. The highest BCUT2D eigenvalue weighted by Crippen LogP contribution is 2.32. The maximum Gasteiger partial charge on any atom is 0.223 e. The van der Waals surface area contributed by atoms with Crippen LogP contribution >= 0.6 is 11.3 Å². The zero-order valence-electron chi connectivity index (χ0n) is 23.4. The molecular weight excluding hydrogens is 484 g/mol. The molecule has 0 aromatic carbocycles. The summed E-state index contributed by atoms with van der Waals surface area (Å²) in [6.07, 6.45) is 6.28. The van der Waals surface area contributed by atoms with Crippen LogP contribution in [0.5, 0.6) is 0 Å². The molecule has 2 rings (SSSR count). The lowest BCUT2D eigenvalue weighted by Crippen LogP contribution is -2.45. The molecule has 9 heteroatoms. The minimum absolute atomic E-state index is 0.00211. The van der Waals surface area contributed by atoms with Gasteiger partial charge in [-0.05, 0) is 44.7 Å². The van der Waals surface area contributed by atoms with Crippen molar-refractivity contribution in [2.45, 2.75) is 91.6 Å². The number of hydrogen-bond acceptors (Lipinski definition) is 6. The molecule has 1 aromatic rings. The molecule has 2 unspecified atom stereocenters. The van der Waals surface area contributed by atoms with Gasteiger partial charge in [0.1, 0.15) is 5.84 Å². The lowest BCUT2D eigenvalue weighted by atomic mass is 10.0. The zero-order chi connectivity index (χ0) is 27.7. The van der Waals surface area contributed by atoms with Gasteiger partial charge in [-0.25, -0.2) is 0 Å². The van der Waals surface area contributed by atoms with Crippen LogP contribution in [0.1, 0.15) is 90.5 Å². The second kappa shape index (κ2) is 14.3. The molecule has 0 saturated heterocycles. The highest BCUT2D eigenvalue weighted by molar-refractivity contribution is 7.16. The Bertz CT molecular complexity index is 966. The van der Waals surface area contributed by atoms with Crippen LogP contribution in [0.25, 0.3) is 0 Å².